The van der Waals surface area contributed by atoms with Crippen LogP contribution in [0, 0.1) is 6.92 Å². The minimum atomic E-state index is 0.176. The number of aliphatic hydroxyl groups is 1. The number of aliphatic imine (C=N–C) groups is 1. The first kappa shape index (κ1) is 21.1. The van der Waals surface area contributed by atoms with Gasteiger partial charge in [0.05, 0.1) is 12.6 Å². The molecule has 0 bridgehead atoms. The Morgan fingerprint density at radius 3 is 2.52 bits per heavy atom. The molecule has 1 aliphatic heterocycles. The Kier molecular flexibility index (Phi) is 7.48. The molecule has 29 heavy (non-hydrogen) atoms. The van der Waals surface area contributed by atoms with Gasteiger partial charge in [-0.05, 0) is 56.7 Å². The standard InChI is InChI=1S/C25H33N3O/c1-19(2)25(28-17-9-13-22(28)18-29)27-24(23-14-8-7-10-20(23)3)26-16-15-21-11-5-4-6-12-21/h4-8,10-12,14,22,29H,9,13,15-18H2,1-3H3,(H,26,27). The van der Waals surface area contributed by atoms with E-state index in [9.17, 15) is 5.11 Å². The van der Waals surface area contributed by atoms with Crippen LogP contribution in [0.4, 0.5) is 0 Å². The SMILES string of the molecule is CC(C)=C(NC(=NCCc1ccccc1)c1ccccc1C)N1CCCC1CO. The molecule has 1 unspecified atom stereocenters. The summed E-state index contributed by atoms with van der Waals surface area (Å²) in [7, 11) is 0. The maximum Gasteiger partial charge on any atom is 0.134 e. The quantitative estimate of drug-likeness (QED) is 0.547. The Morgan fingerprint density at radius 2 is 1.83 bits per heavy atom. The number of hydrogen-bond donors (Lipinski definition) is 2. The molecule has 3 rings (SSSR count). The maximum absolute atomic E-state index is 9.81. The summed E-state index contributed by atoms with van der Waals surface area (Å²) in [6.45, 7) is 8.23. The molecule has 0 amide bonds. The molecule has 1 heterocycles. The predicted octanol–water partition coefficient (Wildman–Crippen LogP) is 4.28. The number of likely N-dealkylation sites (tertiary alicyclic amines) is 1. The van der Waals surface area contributed by atoms with Crippen LogP contribution >= 0.6 is 0 Å². The highest BCUT2D eigenvalue weighted by Crippen LogP contribution is 2.23. The third-order valence-corrected chi connectivity index (χ3v) is 5.50. The molecule has 0 aromatic heterocycles. The molecule has 2 N–H and O–H groups in total. The summed E-state index contributed by atoms with van der Waals surface area (Å²) in [6.07, 6.45) is 3.04. The molecule has 0 saturated carbocycles. The zero-order valence-corrected chi connectivity index (χ0v) is 17.9. The average Bonchev–Trinajstić information content (AvgIpc) is 3.20. The zero-order valence-electron chi connectivity index (χ0n) is 17.9. The van der Waals surface area contributed by atoms with Crippen LogP contribution in [-0.4, -0.2) is 41.6 Å². The monoisotopic (exact) mass is 391 g/mol. The van der Waals surface area contributed by atoms with E-state index in [0.717, 1.165) is 49.6 Å². The van der Waals surface area contributed by atoms with Gasteiger partial charge in [-0.2, -0.15) is 0 Å². The number of nitrogens with one attached hydrogen (secondary N) is 1. The summed E-state index contributed by atoms with van der Waals surface area (Å²) >= 11 is 0. The Bertz CT molecular complexity index is 853. The van der Waals surface area contributed by atoms with E-state index in [1.54, 1.807) is 0 Å². The Hall–Kier alpha value is -2.59. The number of allylic oxidation sites excluding steroid dienone is 1. The molecule has 4 nitrogen and oxygen atoms in total. The Labute approximate surface area is 175 Å². The summed E-state index contributed by atoms with van der Waals surface area (Å²) in [5.41, 5.74) is 4.82. The van der Waals surface area contributed by atoms with Crippen molar-refractivity contribution >= 4 is 5.84 Å². The second kappa shape index (κ2) is 10.3. The van der Waals surface area contributed by atoms with Crippen molar-refractivity contribution in [2.45, 2.75) is 46.1 Å². The van der Waals surface area contributed by atoms with Gasteiger partial charge in [0.25, 0.3) is 0 Å². The number of benzene rings is 2. The van der Waals surface area contributed by atoms with Gasteiger partial charge < -0.3 is 15.3 Å². The molecule has 0 aliphatic carbocycles. The van der Waals surface area contributed by atoms with E-state index in [2.05, 4.69) is 79.5 Å². The molecule has 1 aliphatic rings. The van der Waals surface area contributed by atoms with E-state index in [4.69, 9.17) is 4.99 Å². The summed E-state index contributed by atoms with van der Waals surface area (Å²) < 4.78 is 0. The van der Waals surface area contributed by atoms with Gasteiger partial charge in [-0.1, -0.05) is 54.6 Å². The average molecular weight is 392 g/mol. The maximum atomic E-state index is 9.81. The molecule has 2 aromatic carbocycles. The van der Waals surface area contributed by atoms with Crippen LogP contribution in [0.1, 0.15) is 43.4 Å². The molecular formula is C25H33N3O. The van der Waals surface area contributed by atoms with Crippen molar-refractivity contribution in [3.05, 3.63) is 82.7 Å². The van der Waals surface area contributed by atoms with Crippen molar-refractivity contribution in [2.24, 2.45) is 4.99 Å². The van der Waals surface area contributed by atoms with Crippen LogP contribution < -0.4 is 5.32 Å². The first-order valence-electron chi connectivity index (χ1n) is 10.6. The van der Waals surface area contributed by atoms with E-state index < -0.39 is 0 Å². The number of amidine groups is 1. The second-order valence-corrected chi connectivity index (χ2v) is 7.93. The lowest BCUT2D eigenvalue weighted by Crippen LogP contribution is -2.41. The third kappa shape index (κ3) is 5.48. The van der Waals surface area contributed by atoms with Crippen LogP contribution in [0.3, 0.4) is 0 Å². The predicted molar refractivity (Wildman–Crippen MR) is 121 cm³/mol. The van der Waals surface area contributed by atoms with E-state index >= 15 is 0 Å². The van der Waals surface area contributed by atoms with Crippen LogP contribution in [0.15, 0.2) is 71.0 Å². The summed E-state index contributed by atoms with van der Waals surface area (Å²) in [5, 5.41) is 13.5. The molecule has 1 atom stereocenters. The van der Waals surface area contributed by atoms with Gasteiger partial charge in [0.1, 0.15) is 11.7 Å². The van der Waals surface area contributed by atoms with Crippen molar-refractivity contribution in [1.82, 2.24) is 10.2 Å². The normalized spacial score (nSPS) is 16.8. The van der Waals surface area contributed by atoms with Gasteiger partial charge in [-0.25, -0.2) is 0 Å². The number of rotatable bonds is 7. The fraction of sp³-hybridized carbons (Fsp3) is 0.400. The van der Waals surface area contributed by atoms with Gasteiger partial charge in [-0.15, -0.1) is 0 Å². The van der Waals surface area contributed by atoms with Gasteiger partial charge in [0.15, 0.2) is 0 Å². The number of aryl methyl sites for hydroxylation is 1. The van der Waals surface area contributed by atoms with E-state index in [-0.39, 0.29) is 12.6 Å². The zero-order chi connectivity index (χ0) is 20.6. The third-order valence-electron chi connectivity index (χ3n) is 5.50. The first-order valence-corrected chi connectivity index (χ1v) is 10.6. The number of aliphatic hydroxyl groups excluding tert-OH is 1. The van der Waals surface area contributed by atoms with Crippen molar-refractivity contribution < 1.29 is 5.11 Å². The number of hydrogen-bond acceptors (Lipinski definition) is 3. The van der Waals surface area contributed by atoms with Gasteiger partial charge in [-0.3, -0.25) is 4.99 Å². The Balaban J connectivity index is 1.87. The fourth-order valence-corrected chi connectivity index (χ4v) is 3.89. The lowest BCUT2D eigenvalue weighted by molar-refractivity contribution is 0.181. The topological polar surface area (TPSA) is 47.9 Å². The van der Waals surface area contributed by atoms with Gasteiger partial charge >= 0.3 is 0 Å². The van der Waals surface area contributed by atoms with Crippen LogP contribution in [-0.2, 0) is 6.42 Å². The van der Waals surface area contributed by atoms with Crippen LogP contribution in [0.5, 0.6) is 0 Å². The highest BCUT2D eigenvalue weighted by atomic mass is 16.3. The highest BCUT2D eigenvalue weighted by Gasteiger charge is 2.27. The molecule has 1 saturated heterocycles. The number of nitrogens with zero attached hydrogens (tertiary/aromatic N) is 2. The molecule has 4 heteroatoms. The molecule has 0 spiro atoms. The summed E-state index contributed by atoms with van der Waals surface area (Å²) in [4.78, 5) is 7.28. The van der Waals surface area contributed by atoms with Gasteiger partial charge in [0, 0.05) is 18.7 Å². The largest absolute Gasteiger partial charge is 0.394 e. The van der Waals surface area contributed by atoms with E-state index in [1.165, 1.54) is 16.7 Å². The van der Waals surface area contributed by atoms with Crippen molar-refractivity contribution in [2.75, 3.05) is 19.7 Å². The molecule has 2 aromatic rings. The van der Waals surface area contributed by atoms with Gasteiger partial charge in [0.2, 0.25) is 0 Å². The molecular weight excluding hydrogens is 358 g/mol. The Morgan fingerprint density at radius 1 is 1.10 bits per heavy atom. The van der Waals surface area contributed by atoms with E-state index in [1.807, 2.05) is 6.07 Å². The summed E-state index contributed by atoms with van der Waals surface area (Å²) in [5.74, 6) is 1.97. The van der Waals surface area contributed by atoms with Crippen LogP contribution in [0.2, 0.25) is 0 Å². The first-order chi connectivity index (χ1) is 14.1. The molecule has 0 radical (unpaired) electrons. The second-order valence-electron chi connectivity index (χ2n) is 7.93. The molecule has 1 fully saturated rings. The summed E-state index contributed by atoms with van der Waals surface area (Å²) in [6, 6.07) is 19.0. The highest BCUT2D eigenvalue weighted by molar-refractivity contribution is 6.01. The van der Waals surface area contributed by atoms with Crippen LogP contribution in [0.25, 0.3) is 0 Å². The fourth-order valence-electron chi connectivity index (χ4n) is 3.89. The lowest BCUT2D eigenvalue weighted by Gasteiger charge is -2.30. The van der Waals surface area contributed by atoms with E-state index in [0.29, 0.717) is 0 Å². The minimum absolute atomic E-state index is 0.176. The lowest BCUT2D eigenvalue weighted by atomic mass is 10.1. The van der Waals surface area contributed by atoms with Crippen molar-refractivity contribution in [3.63, 3.8) is 0 Å². The van der Waals surface area contributed by atoms with Crippen molar-refractivity contribution in [3.8, 4) is 0 Å². The molecule has 154 valence electrons. The smallest absolute Gasteiger partial charge is 0.134 e. The van der Waals surface area contributed by atoms with Crippen molar-refractivity contribution in [1.29, 1.82) is 0 Å². The minimum Gasteiger partial charge on any atom is -0.394 e.